The van der Waals surface area contributed by atoms with E-state index in [0.29, 0.717) is 17.1 Å². The van der Waals surface area contributed by atoms with Gasteiger partial charge in [-0.3, -0.25) is 4.79 Å². The molecular formula is C24H25NO5. The Balaban J connectivity index is 1.81. The van der Waals surface area contributed by atoms with Gasteiger partial charge in [-0.1, -0.05) is 36.4 Å². The van der Waals surface area contributed by atoms with Crippen molar-refractivity contribution < 1.29 is 23.8 Å². The number of hydrogen-bond acceptors (Lipinski definition) is 5. The Morgan fingerprint density at radius 3 is 2.37 bits per heavy atom. The summed E-state index contributed by atoms with van der Waals surface area (Å²) < 4.78 is 16.1. The number of carbonyl (C=O) groups is 2. The van der Waals surface area contributed by atoms with E-state index in [2.05, 4.69) is 11.4 Å². The Bertz CT molecular complexity index is 986. The summed E-state index contributed by atoms with van der Waals surface area (Å²) in [7, 11) is 4.52. The topological polar surface area (TPSA) is 73.9 Å². The average Bonchev–Trinajstić information content (AvgIpc) is 3.39. The fourth-order valence-electron chi connectivity index (χ4n) is 4.95. The van der Waals surface area contributed by atoms with Crippen molar-refractivity contribution in [3.63, 3.8) is 0 Å². The molecule has 0 radical (unpaired) electrons. The zero-order valence-electron chi connectivity index (χ0n) is 17.3. The van der Waals surface area contributed by atoms with Gasteiger partial charge in [0.05, 0.1) is 21.3 Å². The minimum absolute atomic E-state index is 0.100. The quantitative estimate of drug-likeness (QED) is 0.587. The van der Waals surface area contributed by atoms with Crippen LogP contribution in [0, 0.1) is 11.8 Å². The number of nitrogens with one attached hydrogen (secondary N) is 1. The lowest BCUT2D eigenvalue weighted by Gasteiger charge is -2.40. The summed E-state index contributed by atoms with van der Waals surface area (Å²) in [6, 6.07) is 14.5. The molecule has 0 aromatic heterocycles. The Kier molecular flexibility index (Phi) is 5.24. The van der Waals surface area contributed by atoms with Gasteiger partial charge in [0, 0.05) is 17.4 Å². The SMILES string of the molecule is COC(=O)[C@]1(NC(=O)c2ccccc2)[C@@H]2C=C[C@@H](C2)[C@H]1c1ccc(OC)c(OC)c1. The van der Waals surface area contributed by atoms with Crippen LogP contribution in [0.4, 0.5) is 0 Å². The zero-order chi connectivity index (χ0) is 21.3. The van der Waals surface area contributed by atoms with E-state index in [1.165, 1.54) is 7.11 Å². The molecule has 0 saturated heterocycles. The van der Waals surface area contributed by atoms with Gasteiger partial charge < -0.3 is 19.5 Å². The molecule has 1 fully saturated rings. The molecule has 6 heteroatoms. The number of methoxy groups -OCH3 is 3. The summed E-state index contributed by atoms with van der Waals surface area (Å²) in [5.74, 6) is 0.110. The van der Waals surface area contributed by atoms with Gasteiger partial charge in [0.15, 0.2) is 17.0 Å². The maximum atomic E-state index is 13.2. The molecule has 2 bridgehead atoms. The minimum Gasteiger partial charge on any atom is -0.493 e. The van der Waals surface area contributed by atoms with E-state index in [1.807, 2.05) is 30.3 Å². The maximum absolute atomic E-state index is 13.2. The molecule has 1 amide bonds. The first kappa shape index (κ1) is 20.0. The van der Waals surface area contributed by atoms with Gasteiger partial charge in [-0.05, 0) is 42.2 Å². The Morgan fingerprint density at radius 1 is 0.967 bits per heavy atom. The fraction of sp³-hybridized carbons (Fsp3) is 0.333. The molecule has 2 aliphatic rings. The molecule has 4 rings (SSSR count). The first-order chi connectivity index (χ1) is 14.5. The molecule has 0 unspecified atom stereocenters. The van der Waals surface area contributed by atoms with Crippen LogP contribution < -0.4 is 14.8 Å². The molecule has 30 heavy (non-hydrogen) atoms. The summed E-state index contributed by atoms with van der Waals surface area (Å²) in [4.78, 5) is 26.3. The van der Waals surface area contributed by atoms with E-state index in [9.17, 15) is 9.59 Å². The van der Waals surface area contributed by atoms with E-state index in [-0.39, 0.29) is 23.7 Å². The second kappa shape index (κ2) is 7.86. The lowest BCUT2D eigenvalue weighted by atomic mass is 9.71. The summed E-state index contributed by atoms with van der Waals surface area (Å²) in [5, 5.41) is 3.07. The Hall–Kier alpha value is -3.28. The second-order valence-electron chi connectivity index (χ2n) is 7.66. The summed E-state index contributed by atoms with van der Waals surface area (Å²) in [6.45, 7) is 0. The fourth-order valence-corrected chi connectivity index (χ4v) is 4.95. The van der Waals surface area contributed by atoms with Crippen molar-refractivity contribution in [2.45, 2.75) is 17.9 Å². The molecule has 2 aromatic rings. The highest BCUT2D eigenvalue weighted by atomic mass is 16.5. The Labute approximate surface area is 175 Å². The number of allylic oxidation sites excluding steroid dienone is 1. The van der Waals surface area contributed by atoms with Crippen LogP contribution in [0.2, 0.25) is 0 Å². The van der Waals surface area contributed by atoms with Crippen molar-refractivity contribution in [2.24, 2.45) is 11.8 Å². The van der Waals surface area contributed by atoms with Gasteiger partial charge in [-0.2, -0.15) is 0 Å². The number of esters is 1. The molecule has 4 atom stereocenters. The monoisotopic (exact) mass is 407 g/mol. The summed E-state index contributed by atoms with van der Waals surface area (Å²) >= 11 is 0. The van der Waals surface area contributed by atoms with E-state index in [4.69, 9.17) is 14.2 Å². The number of benzene rings is 2. The number of hydrogen-bond donors (Lipinski definition) is 1. The van der Waals surface area contributed by atoms with Crippen molar-refractivity contribution >= 4 is 11.9 Å². The van der Waals surface area contributed by atoms with Gasteiger partial charge in [0.1, 0.15) is 0 Å². The normalized spacial score (nSPS) is 26.3. The lowest BCUT2D eigenvalue weighted by molar-refractivity contribution is -0.150. The number of carbonyl (C=O) groups excluding carboxylic acids is 2. The smallest absolute Gasteiger partial charge is 0.332 e. The van der Waals surface area contributed by atoms with Crippen LogP contribution in [0.1, 0.15) is 28.3 Å². The number of ether oxygens (including phenoxy) is 3. The first-order valence-electron chi connectivity index (χ1n) is 9.91. The van der Waals surface area contributed by atoms with E-state index in [0.717, 1.165) is 12.0 Å². The molecule has 1 N–H and O–H groups in total. The second-order valence-corrected chi connectivity index (χ2v) is 7.66. The van der Waals surface area contributed by atoms with Gasteiger partial charge in [-0.25, -0.2) is 4.79 Å². The van der Waals surface area contributed by atoms with Crippen LogP contribution in [0.3, 0.4) is 0 Å². The van der Waals surface area contributed by atoms with Crippen molar-refractivity contribution in [2.75, 3.05) is 21.3 Å². The standard InChI is InChI=1S/C24H25NO5/c1-28-19-12-10-17(14-20(19)29-2)21-16-9-11-18(13-16)24(21,23(27)30-3)25-22(26)15-7-5-4-6-8-15/h4-12,14,16,18,21H,13H2,1-3H3,(H,25,26)/t16-,18+,21-,24-/m0/s1. The van der Waals surface area contributed by atoms with Gasteiger partial charge in [0.2, 0.25) is 0 Å². The highest BCUT2D eigenvalue weighted by Crippen LogP contribution is 2.56. The lowest BCUT2D eigenvalue weighted by Crippen LogP contribution is -2.61. The summed E-state index contributed by atoms with van der Waals surface area (Å²) in [6.07, 6.45) is 4.91. The van der Waals surface area contributed by atoms with E-state index < -0.39 is 11.5 Å². The zero-order valence-corrected chi connectivity index (χ0v) is 17.3. The third-order valence-corrected chi connectivity index (χ3v) is 6.27. The van der Waals surface area contributed by atoms with Crippen LogP contribution >= 0.6 is 0 Å². The van der Waals surface area contributed by atoms with Crippen LogP contribution in [0.25, 0.3) is 0 Å². The van der Waals surface area contributed by atoms with Crippen LogP contribution in [0.15, 0.2) is 60.7 Å². The first-order valence-corrected chi connectivity index (χ1v) is 9.91. The van der Waals surface area contributed by atoms with Gasteiger partial charge in [0.25, 0.3) is 5.91 Å². The van der Waals surface area contributed by atoms with E-state index in [1.54, 1.807) is 38.5 Å². The molecule has 0 spiro atoms. The van der Waals surface area contributed by atoms with Crippen molar-refractivity contribution in [3.8, 4) is 11.5 Å². The predicted octanol–water partition coefficient (Wildman–Crippen LogP) is 3.34. The molecule has 2 aliphatic carbocycles. The minimum atomic E-state index is -1.19. The third-order valence-electron chi connectivity index (χ3n) is 6.27. The van der Waals surface area contributed by atoms with Crippen molar-refractivity contribution in [3.05, 3.63) is 71.8 Å². The number of amides is 1. The highest BCUT2D eigenvalue weighted by molar-refractivity contribution is 5.99. The largest absolute Gasteiger partial charge is 0.493 e. The van der Waals surface area contributed by atoms with Gasteiger partial charge in [-0.15, -0.1) is 0 Å². The highest BCUT2D eigenvalue weighted by Gasteiger charge is 2.62. The van der Waals surface area contributed by atoms with E-state index >= 15 is 0 Å². The number of fused-ring (bicyclic) bond motifs is 2. The number of rotatable bonds is 6. The van der Waals surface area contributed by atoms with Crippen LogP contribution in [0.5, 0.6) is 11.5 Å². The summed E-state index contributed by atoms with van der Waals surface area (Å²) in [5.41, 5.74) is 0.197. The van der Waals surface area contributed by atoms with Crippen molar-refractivity contribution in [1.29, 1.82) is 0 Å². The average molecular weight is 407 g/mol. The molecule has 0 heterocycles. The molecule has 1 saturated carbocycles. The molecule has 0 aliphatic heterocycles. The predicted molar refractivity (Wildman–Crippen MR) is 112 cm³/mol. The Morgan fingerprint density at radius 2 is 1.70 bits per heavy atom. The molecular weight excluding hydrogens is 382 g/mol. The third kappa shape index (κ3) is 3.03. The van der Waals surface area contributed by atoms with Crippen molar-refractivity contribution in [1.82, 2.24) is 5.32 Å². The maximum Gasteiger partial charge on any atom is 0.332 e. The van der Waals surface area contributed by atoms with Gasteiger partial charge >= 0.3 is 5.97 Å². The molecule has 2 aromatic carbocycles. The molecule has 156 valence electrons. The van der Waals surface area contributed by atoms with Crippen LogP contribution in [-0.2, 0) is 9.53 Å². The molecule has 6 nitrogen and oxygen atoms in total. The van der Waals surface area contributed by atoms with Crippen LogP contribution in [-0.4, -0.2) is 38.7 Å².